The summed E-state index contributed by atoms with van der Waals surface area (Å²) in [5, 5.41) is 3.38. The van der Waals surface area contributed by atoms with Crippen molar-refractivity contribution in [3.8, 4) is 5.75 Å². The molecular formula is C14H22N2O. The summed E-state index contributed by atoms with van der Waals surface area (Å²) in [5.74, 6) is 0.989. The normalized spacial score (nSPS) is 16.0. The van der Waals surface area contributed by atoms with Crippen molar-refractivity contribution in [2.24, 2.45) is 0 Å². The van der Waals surface area contributed by atoms with Crippen LogP contribution in [0.4, 0.5) is 5.69 Å². The van der Waals surface area contributed by atoms with Gasteiger partial charge in [-0.25, -0.2) is 0 Å². The lowest BCUT2D eigenvalue weighted by Gasteiger charge is -2.30. The molecule has 0 amide bonds. The number of hydrogen-bond acceptors (Lipinski definition) is 3. The van der Waals surface area contributed by atoms with Crippen LogP contribution < -0.4 is 15.0 Å². The number of rotatable bonds is 4. The average Bonchev–Trinajstić information content (AvgIpc) is 2.37. The third kappa shape index (κ3) is 3.13. The molecule has 2 rings (SSSR count). The Hall–Kier alpha value is -1.22. The molecule has 0 spiro atoms. The molecule has 3 heteroatoms. The molecule has 1 aromatic carbocycles. The molecular weight excluding hydrogens is 212 g/mol. The number of ether oxygens (including phenoxy) is 1. The summed E-state index contributed by atoms with van der Waals surface area (Å²) in [6.07, 6.45) is 1.05. The van der Waals surface area contributed by atoms with Gasteiger partial charge in [0.25, 0.3) is 0 Å². The summed E-state index contributed by atoms with van der Waals surface area (Å²) in [4.78, 5) is 2.44. The Balaban J connectivity index is 2.07. The van der Waals surface area contributed by atoms with Crippen molar-refractivity contribution in [1.82, 2.24) is 5.32 Å². The van der Waals surface area contributed by atoms with Gasteiger partial charge < -0.3 is 15.0 Å². The van der Waals surface area contributed by atoms with Crippen molar-refractivity contribution in [3.63, 3.8) is 0 Å². The largest absolute Gasteiger partial charge is 0.494 e. The Kier molecular flexibility index (Phi) is 4.26. The highest BCUT2D eigenvalue weighted by Crippen LogP contribution is 2.25. The van der Waals surface area contributed by atoms with Crippen LogP contribution in [-0.2, 0) is 0 Å². The van der Waals surface area contributed by atoms with Gasteiger partial charge in [0.05, 0.1) is 6.61 Å². The summed E-state index contributed by atoms with van der Waals surface area (Å²) >= 11 is 0. The van der Waals surface area contributed by atoms with E-state index < -0.39 is 0 Å². The Bertz CT molecular complexity index is 359. The minimum atomic E-state index is 0.798. The zero-order valence-electron chi connectivity index (χ0n) is 10.8. The third-order valence-electron chi connectivity index (χ3n) is 3.10. The summed E-state index contributed by atoms with van der Waals surface area (Å²) in [6.45, 7) is 9.43. The highest BCUT2D eigenvalue weighted by Gasteiger charge is 2.12. The van der Waals surface area contributed by atoms with Crippen LogP contribution >= 0.6 is 0 Å². The minimum Gasteiger partial charge on any atom is -0.494 e. The van der Waals surface area contributed by atoms with Gasteiger partial charge in [-0.15, -0.1) is 0 Å². The zero-order chi connectivity index (χ0) is 12.1. The lowest BCUT2D eigenvalue weighted by molar-refractivity contribution is 0.317. The smallest absolute Gasteiger partial charge is 0.119 e. The van der Waals surface area contributed by atoms with Crippen molar-refractivity contribution >= 4 is 5.69 Å². The van der Waals surface area contributed by atoms with Gasteiger partial charge in [0.1, 0.15) is 5.75 Å². The van der Waals surface area contributed by atoms with E-state index in [-0.39, 0.29) is 0 Å². The van der Waals surface area contributed by atoms with E-state index in [0.29, 0.717) is 0 Å². The Morgan fingerprint density at radius 3 is 2.71 bits per heavy atom. The summed E-state index contributed by atoms with van der Waals surface area (Å²) in [6, 6.07) is 6.42. The van der Waals surface area contributed by atoms with Crippen LogP contribution in [0.3, 0.4) is 0 Å². The van der Waals surface area contributed by atoms with Crippen molar-refractivity contribution < 1.29 is 4.74 Å². The van der Waals surface area contributed by atoms with E-state index in [4.69, 9.17) is 4.74 Å². The Morgan fingerprint density at radius 2 is 2.06 bits per heavy atom. The van der Waals surface area contributed by atoms with Crippen LogP contribution in [0.15, 0.2) is 18.2 Å². The fraction of sp³-hybridized carbons (Fsp3) is 0.571. The molecule has 0 bridgehead atoms. The van der Waals surface area contributed by atoms with E-state index in [1.54, 1.807) is 0 Å². The van der Waals surface area contributed by atoms with Gasteiger partial charge in [-0.3, -0.25) is 0 Å². The number of hydrogen-bond donors (Lipinski definition) is 1. The summed E-state index contributed by atoms with van der Waals surface area (Å²) < 4.78 is 5.65. The second kappa shape index (κ2) is 5.92. The Labute approximate surface area is 104 Å². The first-order valence-corrected chi connectivity index (χ1v) is 6.50. The molecule has 1 heterocycles. The number of nitrogens with one attached hydrogen (secondary N) is 1. The van der Waals surface area contributed by atoms with E-state index in [1.807, 2.05) is 0 Å². The fourth-order valence-corrected chi connectivity index (χ4v) is 2.20. The average molecular weight is 234 g/mol. The Morgan fingerprint density at radius 1 is 1.29 bits per heavy atom. The van der Waals surface area contributed by atoms with Crippen LogP contribution in [0, 0.1) is 6.92 Å². The maximum Gasteiger partial charge on any atom is 0.119 e. The van der Waals surface area contributed by atoms with E-state index in [9.17, 15) is 0 Å². The van der Waals surface area contributed by atoms with Crippen LogP contribution in [-0.4, -0.2) is 32.8 Å². The van der Waals surface area contributed by atoms with Gasteiger partial charge in [-0.2, -0.15) is 0 Å². The highest BCUT2D eigenvalue weighted by atomic mass is 16.5. The number of nitrogens with zero attached hydrogens (tertiary/aromatic N) is 1. The van der Waals surface area contributed by atoms with Crippen molar-refractivity contribution in [2.75, 3.05) is 37.7 Å². The molecule has 1 saturated heterocycles. The lowest BCUT2D eigenvalue weighted by atomic mass is 10.1. The van der Waals surface area contributed by atoms with E-state index >= 15 is 0 Å². The van der Waals surface area contributed by atoms with Crippen molar-refractivity contribution in [2.45, 2.75) is 20.3 Å². The SMILES string of the molecule is CCCOc1ccc(N2CCNCC2)c(C)c1. The van der Waals surface area contributed by atoms with Gasteiger partial charge in [-0.1, -0.05) is 6.92 Å². The van der Waals surface area contributed by atoms with Crippen LogP contribution in [0.5, 0.6) is 5.75 Å². The molecule has 0 radical (unpaired) electrons. The molecule has 0 aromatic heterocycles. The molecule has 1 aliphatic rings. The first-order valence-electron chi connectivity index (χ1n) is 6.50. The molecule has 0 saturated carbocycles. The topological polar surface area (TPSA) is 24.5 Å². The second-order valence-corrected chi connectivity index (χ2v) is 4.53. The summed E-state index contributed by atoms with van der Waals surface area (Å²) in [5.41, 5.74) is 2.65. The van der Waals surface area contributed by atoms with Gasteiger partial charge in [0, 0.05) is 31.9 Å². The minimum absolute atomic E-state index is 0.798. The fourth-order valence-electron chi connectivity index (χ4n) is 2.20. The number of benzene rings is 1. The van der Waals surface area contributed by atoms with Crippen molar-refractivity contribution in [3.05, 3.63) is 23.8 Å². The molecule has 1 fully saturated rings. The number of piperazine rings is 1. The highest BCUT2D eigenvalue weighted by molar-refractivity contribution is 5.56. The predicted molar refractivity (Wildman–Crippen MR) is 72.0 cm³/mol. The van der Waals surface area contributed by atoms with Gasteiger partial charge in [0.15, 0.2) is 0 Å². The molecule has 0 aliphatic carbocycles. The van der Waals surface area contributed by atoms with Gasteiger partial charge in [-0.05, 0) is 37.1 Å². The first-order chi connectivity index (χ1) is 8.31. The first kappa shape index (κ1) is 12.2. The number of aryl methyl sites for hydroxylation is 1. The number of anilines is 1. The van der Waals surface area contributed by atoms with Gasteiger partial charge >= 0.3 is 0 Å². The molecule has 0 unspecified atom stereocenters. The zero-order valence-corrected chi connectivity index (χ0v) is 10.8. The quantitative estimate of drug-likeness (QED) is 0.864. The second-order valence-electron chi connectivity index (χ2n) is 4.53. The molecule has 1 aliphatic heterocycles. The molecule has 94 valence electrons. The molecule has 3 nitrogen and oxygen atoms in total. The molecule has 0 atom stereocenters. The van der Waals surface area contributed by atoms with Crippen LogP contribution in [0.25, 0.3) is 0 Å². The van der Waals surface area contributed by atoms with E-state index in [0.717, 1.165) is 45.0 Å². The van der Waals surface area contributed by atoms with E-state index in [1.165, 1.54) is 11.3 Å². The van der Waals surface area contributed by atoms with Gasteiger partial charge in [0.2, 0.25) is 0 Å². The van der Waals surface area contributed by atoms with Crippen LogP contribution in [0.2, 0.25) is 0 Å². The third-order valence-corrected chi connectivity index (χ3v) is 3.10. The molecule has 17 heavy (non-hydrogen) atoms. The van der Waals surface area contributed by atoms with E-state index in [2.05, 4.69) is 42.3 Å². The maximum atomic E-state index is 5.65. The lowest BCUT2D eigenvalue weighted by Crippen LogP contribution is -2.43. The van der Waals surface area contributed by atoms with Crippen molar-refractivity contribution in [1.29, 1.82) is 0 Å². The maximum absolute atomic E-state index is 5.65. The predicted octanol–water partition coefficient (Wildman–Crippen LogP) is 2.19. The monoisotopic (exact) mass is 234 g/mol. The van der Waals surface area contributed by atoms with Crippen LogP contribution in [0.1, 0.15) is 18.9 Å². The molecule has 1 N–H and O–H groups in total. The standard InChI is InChI=1S/C14H22N2O/c1-3-10-17-13-4-5-14(12(2)11-13)16-8-6-15-7-9-16/h4-5,11,15H,3,6-10H2,1-2H3. The molecule has 1 aromatic rings. The summed E-state index contributed by atoms with van der Waals surface area (Å²) in [7, 11) is 0.